The highest BCUT2D eigenvalue weighted by Crippen LogP contribution is 2.29. The fourth-order valence-electron chi connectivity index (χ4n) is 2.27. The van der Waals surface area contributed by atoms with Gasteiger partial charge in [0.15, 0.2) is 5.82 Å². The number of hydrogen-bond acceptors (Lipinski definition) is 4. The van der Waals surface area contributed by atoms with Crippen LogP contribution in [-0.2, 0) is 12.7 Å². The minimum absolute atomic E-state index is 0.127. The van der Waals surface area contributed by atoms with Crippen molar-refractivity contribution in [3.63, 3.8) is 0 Å². The average molecular weight is 361 g/mol. The van der Waals surface area contributed by atoms with E-state index in [1.54, 1.807) is 31.2 Å². The first-order valence-corrected chi connectivity index (χ1v) is 7.68. The molecule has 3 aromatic rings. The van der Waals surface area contributed by atoms with Crippen LogP contribution < -0.4 is 5.32 Å². The number of aryl methyl sites for hydroxylation is 1. The molecule has 1 aromatic heterocycles. The summed E-state index contributed by atoms with van der Waals surface area (Å²) in [5.41, 5.74) is 0.950. The Morgan fingerprint density at radius 3 is 2.27 bits per heavy atom. The molecule has 8 heteroatoms. The quantitative estimate of drug-likeness (QED) is 0.763. The lowest BCUT2D eigenvalue weighted by Crippen LogP contribution is -2.22. The van der Waals surface area contributed by atoms with Gasteiger partial charge in [-0.1, -0.05) is 17.3 Å². The van der Waals surface area contributed by atoms with Crippen LogP contribution in [0.1, 0.15) is 27.3 Å². The van der Waals surface area contributed by atoms with Gasteiger partial charge >= 0.3 is 6.18 Å². The number of nitrogens with zero attached hydrogens (tertiary/aromatic N) is 2. The van der Waals surface area contributed by atoms with E-state index in [0.29, 0.717) is 28.4 Å². The largest absolute Gasteiger partial charge is 0.416 e. The number of carbonyl (C=O) groups is 1. The van der Waals surface area contributed by atoms with Crippen molar-refractivity contribution in [2.24, 2.45) is 0 Å². The maximum Gasteiger partial charge on any atom is 0.416 e. The molecule has 0 saturated heterocycles. The molecular weight excluding hydrogens is 347 g/mol. The van der Waals surface area contributed by atoms with Crippen LogP contribution >= 0.6 is 0 Å². The van der Waals surface area contributed by atoms with Crippen molar-refractivity contribution in [3.8, 4) is 11.5 Å². The molecule has 1 amide bonds. The van der Waals surface area contributed by atoms with Gasteiger partial charge in [-0.05, 0) is 48.9 Å². The summed E-state index contributed by atoms with van der Waals surface area (Å²) in [6, 6.07) is 11.2. The molecule has 0 atom stereocenters. The molecule has 0 aliphatic rings. The normalized spacial score (nSPS) is 11.4. The van der Waals surface area contributed by atoms with E-state index in [2.05, 4.69) is 15.5 Å². The Hall–Kier alpha value is -3.16. The van der Waals surface area contributed by atoms with Crippen LogP contribution in [0.15, 0.2) is 53.1 Å². The number of carbonyl (C=O) groups excluding carboxylic acids is 1. The number of nitrogens with one attached hydrogen (secondary N) is 1. The molecule has 5 nitrogen and oxygen atoms in total. The van der Waals surface area contributed by atoms with Crippen molar-refractivity contribution in [2.45, 2.75) is 19.6 Å². The zero-order valence-corrected chi connectivity index (χ0v) is 13.7. The van der Waals surface area contributed by atoms with Gasteiger partial charge in [-0.25, -0.2) is 0 Å². The van der Waals surface area contributed by atoms with Crippen molar-refractivity contribution in [3.05, 3.63) is 71.0 Å². The Kier molecular flexibility index (Phi) is 4.75. The summed E-state index contributed by atoms with van der Waals surface area (Å²) in [5, 5.41) is 6.36. The highest BCUT2D eigenvalue weighted by atomic mass is 19.4. The number of alkyl halides is 3. The highest BCUT2D eigenvalue weighted by Gasteiger charge is 2.29. The Morgan fingerprint density at radius 1 is 1.08 bits per heavy atom. The van der Waals surface area contributed by atoms with E-state index in [1.165, 1.54) is 12.1 Å². The zero-order valence-electron chi connectivity index (χ0n) is 13.7. The topological polar surface area (TPSA) is 68.0 Å². The SMILES string of the molecule is Cc1noc(-c2ccc(C(=O)NCc3ccc(C(F)(F)F)cc3)cc2)n1. The van der Waals surface area contributed by atoms with Crippen LogP contribution in [0.3, 0.4) is 0 Å². The van der Waals surface area contributed by atoms with Crippen molar-refractivity contribution in [1.82, 2.24) is 15.5 Å². The summed E-state index contributed by atoms with van der Waals surface area (Å²) in [6.45, 7) is 1.83. The molecule has 0 saturated carbocycles. The minimum atomic E-state index is -4.37. The van der Waals surface area contributed by atoms with Gasteiger partial charge in [-0.15, -0.1) is 0 Å². The number of hydrogen-bond donors (Lipinski definition) is 1. The van der Waals surface area contributed by atoms with Crippen molar-refractivity contribution >= 4 is 5.91 Å². The predicted molar refractivity (Wildman–Crippen MR) is 87.1 cm³/mol. The van der Waals surface area contributed by atoms with E-state index >= 15 is 0 Å². The second kappa shape index (κ2) is 6.99. The van der Waals surface area contributed by atoms with Crippen LogP contribution in [0.25, 0.3) is 11.5 Å². The maximum atomic E-state index is 12.5. The minimum Gasteiger partial charge on any atom is -0.348 e. The molecular formula is C18H14F3N3O2. The van der Waals surface area contributed by atoms with Gasteiger partial charge in [0.2, 0.25) is 0 Å². The molecule has 3 rings (SSSR count). The third-order valence-corrected chi connectivity index (χ3v) is 3.66. The van der Waals surface area contributed by atoms with Crippen LogP contribution in [-0.4, -0.2) is 16.0 Å². The number of amides is 1. The molecule has 1 heterocycles. The number of aromatic nitrogens is 2. The van der Waals surface area contributed by atoms with Gasteiger partial charge in [0.05, 0.1) is 5.56 Å². The third-order valence-electron chi connectivity index (χ3n) is 3.66. The summed E-state index contributed by atoms with van der Waals surface area (Å²) in [7, 11) is 0. The Morgan fingerprint density at radius 2 is 1.73 bits per heavy atom. The first-order valence-electron chi connectivity index (χ1n) is 7.68. The first kappa shape index (κ1) is 17.7. The third kappa shape index (κ3) is 4.08. The van der Waals surface area contributed by atoms with Gasteiger partial charge in [-0.2, -0.15) is 18.2 Å². The Balaban J connectivity index is 1.61. The summed E-state index contributed by atoms with van der Waals surface area (Å²) >= 11 is 0. The molecule has 0 spiro atoms. The fraction of sp³-hybridized carbons (Fsp3) is 0.167. The Bertz CT molecular complexity index is 901. The first-order chi connectivity index (χ1) is 12.3. The Labute approximate surface area is 146 Å². The molecule has 0 unspecified atom stereocenters. The van der Waals surface area contributed by atoms with Crippen LogP contribution in [0, 0.1) is 6.92 Å². The standard InChI is InChI=1S/C18H14F3N3O2/c1-11-23-17(26-24-11)14-6-4-13(5-7-14)16(25)22-10-12-2-8-15(9-3-12)18(19,20)21/h2-9H,10H2,1H3,(H,22,25). The van der Waals surface area contributed by atoms with Crippen molar-refractivity contribution in [2.75, 3.05) is 0 Å². The summed E-state index contributed by atoms with van der Waals surface area (Å²) in [5.74, 6) is 0.538. The zero-order chi connectivity index (χ0) is 18.7. The van der Waals surface area contributed by atoms with Crippen LogP contribution in [0.5, 0.6) is 0 Å². The van der Waals surface area contributed by atoms with Crippen LogP contribution in [0.4, 0.5) is 13.2 Å². The van der Waals surface area contributed by atoms with Gasteiger partial charge in [0.1, 0.15) is 0 Å². The van der Waals surface area contributed by atoms with Crippen molar-refractivity contribution < 1.29 is 22.5 Å². The lowest BCUT2D eigenvalue weighted by Gasteiger charge is -2.09. The number of benzene rings is 2. The predicted octanol–water partition coefficient (Wildman–Crippen LogP) is 3.99. The van der Waals surface area contributed by atoms with E-state index in [1.807, 2.05) is 0 Å². The monoisotopic (exact) mass is 361 g/mol. The van der Waals surface area contributed by atoms with Crippen LogP contribution in [0.2, 0.25) is 0 Å². The van der Waals surface area contributed by atoms with Gasteiger partial charge < -0.3 is 9.84 Å². The lowest BCUT2D eigenvalue weighted by atomic mass is 10.1. The van der Waals surface area contributed by atoms with E-state index in [-0.39, 0.29) is 12.5 Å². The second-order valence-corrected chi connectivity index (χ2v) is 5.60. The van der Waals surface area contributed by atoms with E-state index in [4.69, 9.17) is 4.52 Å². The van der Waals surface area contributed by atoms with Gasteiger partial charge in [0.25, 0.3) is 11.8 Å². The van der Waals surface area contributed by atoms with E-state index in [0.717, 1.165) is 12.1 Å². The lowest BCUT2D eigenvalue weighted by molar-refractivity contribution is -0.137. The van der Waals surface area contributed by atoms with Gasteiger partial charge in [0, 0.05) is 17.7 Å². The highest BCUT2D eigenvalue weighted by molar-refractivity contribution is 5.94. The summed E-state index contributed by atoms with van der Waals surface area (Å²) in [4.78, 5) is 16.3. The number of rotatable bonds is 4. The van der Waals surface area contributed by atoms with E-state index < -0.39 is 11.7 Å². The molecule has 0 radical (unpaired) electrons. The van der Waals surface area contributed by atoms with E-state index in [9.17, 15) is 18.0 Å². The summed E-state index contributed by atoms with van der Waals surface area (Å²) in [6.07, 6.45) is -4.37. The smallest absolute Gasteiger partial charge is 0.348 e. The maximum absolute atomic E-state index is 12.5. The summed E-state index contributed by atoms with van der Waals surface area (Å²) < 4.78 is 42.6. The molecule has 0 aliphatic heterocycles. The van der Waals surface area contributed by atoms with Gasteiger partial charge in [-0.3, -0.25) is 4.79 Å². The van der Waals surface area contributed by atoms with Crippen molar-refractivity contribution in [1.29, 1.82) is 0 Å². The fourth-order valence-corrected chi connectivity index (χ4v) is 2.27. The molecule has 1 N–H and O–H groups in total. The average Bonchev–Trinajstić information content (AvgIpc) is 3.06. The molecule has 0 fully saturated rings. The number of halogens is 3. The molecule has 26 heavy (non-hydrogen) atoms. The molecule has 2 aromatic carbocycles. The molecule has 134 valence electrons. The second-order valence-electron chi connectivity index (χ2n) is 5.60. The molecule has 0 aliphatic carbocycles. The molecule has 0 bridgehead atoms.